The van der Waals surface area contributed by atoms with Gasteiger partial charge in [0.15, 0.2) is 11.5 Å². The number of fused-ring (bicyclic) bond motifs is 1. The van der Waals surface area contributed by atoms with Crippen molar-refractivity contribution in [3.05, 3.63) is 69.9 Å². The highest BCUT2D eigenvalue weighted by Crippen LogP contribution is 2.45. The number of likely N-dealkylation sites (N-methyl/N-ethyl adjacent to an activating group) is 1. The highest BCUT2D eigenvalue weighted by molar-refractivity contribution is 7.10. The number of thiophene rings is 1. The Morgan fingerprint density at radius 2 is 1.69 bits per heavy atom. The highest BCUT2D eigenvalue weighted by atomic mass is 32.1. The average molecular weight is 453 g/mol. The van der Waals surface area contributed by atoms with Gasteiger partial charge in [0.25, 0.3) is 5.91 Å². The van der Waals surface area contributed by atoms with Gasteiger partial charge in [0.05, 0.1) is 33.3 Å². The van der Waals surface area contributed by atoms with E-state index in [4.69, 9.17) is 14.2 Å². The lowest BCUT2D eigenvalue weighted by atomic mass is 9.81. The normalized spacial score (nSPS) is 17.5. The van der Waals surface area contributed by atoms with Gasteiger partial charge < -0.3 is 24.4 Å². The molecule has 0 unspecified atom stereocenters. The lowest BCUT2D eigenvalue weighted by Crippen LogP contribution is -2.43. The minimum absolute atomic E-state index is 0.101. The largest absolute Gasteiger partial charge is 0.493 e. The molecule has 1 aliphatic heterocycles. The van der Waals surface area contributed by atoms with Gasteiger partial charge in [-0.25, -0.2) is 0 Å². The molecular weight excluding hydrogens is 428 g/mol. The molecule has 2 atom stereocenters. The van der Waals surface area contributed by atoms with Gasteiger partial charge in [0.1, 0.15) is 0 Å². The van der Waals surface area contributed by atoms with Gasteiger partial charge >= 0.3 is 0 Å². The van der Waals surface area contributed by atoms with Crippen LogP contribution in [0.2, 0.25) is 0 Å². The van der Waals surface area contributed by atoms with E-state index in [0.29, 0.717) is 34.1 Å². The topological polar surface area (TPSA) is 77.1 Å². The molecular formula is C24H24N2O5S. The van der Waals surface area contributed by atoms with Crippen LogP contribution in [0.15, 0.2) is 53.9 Å². The summed E-state index contributed by atoms with van der Waals surface area (Å²) in [5, 5.41) is 4.94. The fourth-order valence-corrected chi connectivity index (χ4v) is 5.05. The van der Waals surface area contributed by atoms with Crippen LogP contribution in [0, 0.1) is 0 Å². The minimum atomic E-state index is -0.591. The van der Waals surface area contributed by atoms with Crippen LogP contribution in [-0.4, -0.2) is 45.1 Å². The van der Waals surface area contributed by atoms with Crippen LogP contribution in [0.25, 0.3) is 0 Å². The Morgan fingerprint density at radius 1 is 1.00 bits per heavy atom. The van der Waals surface area contributed by atoms with Crippen molar-refractivity contribution in [2.75, 3.05) is 33.7 Å². The Kier molecular flexibility index (Phi) is 6.05. The number of hydrogen-bond donors (Lipinski definition) is 1. The molecule has 8 heteroatoms. The van der Waals surface area contributed by atoms with Crippen molar-refractivity contribution in [1.29, 1.82) is 0 Å². The number of methoxy groups -OCH3 is 3. The lowest BCUT2D eigenvalue weighted by molar-refractivity contribution is -0.119. The van der Waals surface area contributed by atoms with E-state index in [1.165, 1.54) is 32.7 Å². The van der Waals surface area contributed by atoms with Crippen molar-refractivity contribution >= 4 is 28.8 Å². The maximum atomic E-state index is 13.7. The summed E-state index contributed by atoms with van der Waals surface area (Å²) in [6.45, 7) is 0. The summed E-state index contributed by atoms with van der Waals surface area (Å²) in [5.74, 6) is 0.395. The SMILES string of the molecule is COc1cc(NC(=O)[C@@H]2c3ccccc3C(=O)N(C)[C@H]2c2cccs2)cc(OC)c1OC. The fraction of sp³-hybridized carbons (Fsp3) is 0.250. The van der Waals surface area contributed by atoms with Crippen LogP contribution in [0.1, 0.15) is 32.8 Å². The Balaban J connectivity index is 1.77. The molecule has 0 aliphatic carbocycles. The van der Waals surface area contributed by atoms with Gasteiger partial charge in [-0.1, -0.05) is 24.3 Å². The molecule has 1 N–H and O–H groups in total. The van der Waals surface area contributed by atoms with Gasteiger partial charge in [-0.15, -0.1) is 11.3 Å². The first kappa shape index (κ1) is 21.7. The number of nitrogens with one attached hydrogen (secondary N) is 1. The summed E-state index contributed by atoms with van der Waals surface area (Å²) in [4.78, 5) is 29.3. The molecule has 7 nitrogen and oxygen atoms in total. The molecule has 32 heavy (non-hydrogen) atoms. The number of carbonyl (C=O) groups is 2. The number of hydrogen-bond acceptors (Lipinski definition) is 6. The molecule has 2 heterocycles. The van der Waals surface area contributed by atoms with E-state index in [2.05, 4.69) is 5.32 Å². The van der Waals surface area contributed by atoms with Crippen molar-refractivity contribution in [3.63, 3.8) is 0 Å². The predicted octanol–water partition coefficient (Wildman–Crippen LogP) is 4.32. The number of anilines is 1. The van der Waals surface area contributed by atoms with Gasteiger partial charge in [0, 0.05) is 35.3 Å². The van der Waals surface area contributed by atoms with Gasteiger partial charge in [-0.2, -0.15) is 0 Å². The second-order valence-electron chi connectivity index (χ2n) is 7.34. The van der Waals surface area contributed by atoms with Crippen LogP contribution in [-0.2, 0) is 4.79 Å². The summed E-state index contributed by atoms with van der Waals surface area (Å²) in [5.41, 5.74) is 1.75. The third-order valence-corrected chi connectivity index (χ3v) is 6.57. The van der Waals surface area contributed by atoms with E-state index >= 15 is 0 Å². The Morgan fingerprint density at radius 3 is 2.28 bits per heavy atom. The Bertz CT molecular complexity index is 1120. The molecule has 3 aromatic rings. The van der Waals surface area contributed by atoms with E-state index in [-0.39, 0.29) is 11.8 Å². The molecule has 0 spiro atoms. The molecule has 0 saturated heterocycles. The standard InChI is InChI=1S/C24H24N2O5S/c1-26-21(19-10-7-11-32-19)20(15-8-5-6-9-16(15)24(26)28)23(27)25-14-12-17(29-2)22(31-4)18(13-14)30-3/h5-13,20-21H,1-4H3,(H,25,27)/t20-,21+/m1/s1. The second kappa shape index (κ2) is 8.92. The average Bonchev–Trinajstić information content (AvgIpc) is 3.34. The predicted molar refractivity (Wildman–Crippen MR) is 123 cm³/mol. The Labute approximate surface area is 190 Å². The maximum Gasteiger partial charge on any atom is 0.254 e. The zero-order valence-electron chi connectivity index (χ0n) is 18.2. The van der Waals surface area contributed by atoms with E-state index in [1.54, 1.807) is 30.1 Å². The Hall–Kier alpha value is -3.52. The van der Waals surface area contributed by atoms with E-state index in [0.717, 1.165) is 4.88 Å². The molecule has 1 aromatic heterocycles. The van der Waals surface area contributed by atoms with Crippen LogP contribution in [0.4, 0.5) is 5.69 Å². The molecule has 4 rings (SSSR count). The van der Waals surface area contributed by atoms with Crippen molar-refractivity contribution in [2.45, 2.75) is 12.0 Å². The summed E-state index contributed by atoms with van der Waals surface area (Å²) in [7, 11) is 6.31. The van der Waals surface area contributed by atoms with Crippen molar-refractivity contribution in [3.8, 4) is 17.2 Å². The first-order valence-electron chi connectivity index (χ1n) is 10.0. The monoisotopic (exact) mass is 452 g/mol. The molecule has 0 saturated carbocycles. The van der Waals surface area contributed by atoms with Crippen molar-refractivity contribution < 1.29 is 23.8 Å². The minimum Gasteiger partial charge on any atom is -0.493 e. The molecule has 166 valence electrons. The number of benzene rings is 2. The van der Waals surface area contributed by atoms with Crippen LogP contribution in [0.5, 0.6) is 17.2 Å². The first-order chi connectivity index (χ1) is 15.5. The molecule has 1 aliphatic rings. The van der Waals surface area contributed by atoms with Gasteiger partial charge in [-0.05, 0) is 23.1 Å². The van der Waals surface area contributed by atoms with Crippen LogP contribution >= 0.6 is 11.3 Å². The summed E-state index contributed by atoms with van der Waals surface area (Å²) in [6, 6.07) is 14.1. The zero-order chi connectivity index (χ0) is 22.8. The van der Waals surface area contributed by atoms with Crippen molar-refractivity contribution in [2.24, 2.45) is 0 Å². The van der Waals surface area contributed by atoms with Gasteiger partial charge in [0.2, 0.25) is 11.7 Å². The summed E-state index contributed by atoms with van der Waals surface area (Å²) >= 11 is 1.52. The lowest BCUT2D eigenvalue weighted by Gasteiger charge is -2.39. The smallest absolute Gasteiger partial charge is 0.254 e. The maximum absolute atomic E-state index is 13.7. The fourth-order valence-electron chi connectivity index (χ4n) is 4.15. The molecule has 2 aromatic carbocycles. The highest BCUT2D eigenvalue weighted by Gasteiger charge is 2.43. The van der Waals surface area contributed by atoms with Crippen LogP contribution in [0.3, 0.4) is 0 Å². The second-order valence-corrected chi connectivity index (χ2v) is 8.32. The molecule has 2 amide bonds. The quantitative estimate of drug-likeness (QED) is 0.603. The van der Waals surface area contributed by atoms with Crippen molar-refractivity contribution in [1.82, 2.24) is 4.90 Å². The van der Waals surface area contributed by atoms with Gasteiger partial charge in [-0.3, -0.25) is 9.59 Å². The number of nitrogens with zero attached hydrogens (tertiary/aromatic N) is 1. The molecule has 0 fully saturated rings. The number of ether oxygens (including phenoxy) is 3. The molecule has 0 bridgehead atoms. The third kappa shape index (κ3) is 3.67. The summed E-state index contributed by atoms with van der Waals surface area (Å²) < 4.78 is 16.2. The van der Waals surface area contributed by atoms with E-state index in [9.17, 15) is 9.59 Å². The zero-order valence-corrected chi connectivity index (χ0v) is 19.1. The number of amides is 2. The summed E-state index contributed by atoms with van der Waals surface area (Å²) in [6.07, 6.45) is 0. The number of rotatable bonds is 6. The van der Waals surface area contributed by atoms with Crippen LogP contribution < -0.4 is 19.5 Å². The third-order valence-electron chi connectivity index (χ3n) is 5.63. The molecule has 0 radical (unpaired) electrons. The number of carbonyl (C=O) groups excluding carboxylic acids is 2. The van der Waals surface area contributed by atoms with E-state index < -0.39 is 12.0 Å². The first-order valence-corrected chi connectivity index (χ1v) is 10.9. The van der Waals surface area contributed by atoms with E-state index in [1.807, 2.05) is 35.7 Å².